The molecule has 0 radical (unpaired) electrons. The lowest BCUT2D eigenvalue weighted by atomic mass is 10.1. The molecule has 1 aliphatic heterocycles. The van der Waals surface area contributed by atoms with E-state index in [1.165, 1.54) is 0 Å². The highest BCUT2D eigenvalue weighted by atomic mass is 35.5. The van der Waals surface area contributed by atoms with Crippen LogP contribution in [0.5, 0.6) is 11.5 Å². The van der Waals surface area contributed by atoms with Gasteiger partial charge in [0, 0.05) is 11.6 Å². The number of carbonyl (C=O) groups excluding carboxylic acids is 1. The Morgan fingerprint density at radius 1 is 1.59 bits per heavy atom. The normalized spacial score (nSPS) is 15.3. The van der Waals surface area contributed by atoms with Gasteiger partial charge >= 0.3 is 5.97 Å². The lowest BCUT2D eigenvalue weighted by molar-refractivity contribution is -0.140. The zero-order valence-corrected chi connectivity index (χ0v) is 9.86. The summed E-state index contributed by atoms with van der Waals surface area (Å²) >= 11 is 5.29. The Hall–Kier alpha value is -1.75. The van der Waals surface area contributed by atoms with Crippen LogP contribution in [-0.4, -0.2) is 31.3 Å². The lowest BCUT2D eigenvalue weighted by Gasteiger charge is -2.01. The summed E-state index contributed by atoms with van der Waals surface area (Å²) in [4.78, 5) is 15.5. The third-order valence-corrected chi connectivity index (χ3v) is 2.45. The van der Waals surface area contributed by atoms with Gasteiger partial charge in [-0.3, -0.25) is 0 Å². The fourth-order valence-corrected chi connectivity index (χ4v) is 1.47. The molecule has 1 aliphatic rings. The molecule has 90 valence electrons. The first-order valence-corrected chi connectivity index (χ1v) is 5.42. The quantitative estimate of drug-likeness (QED) is 0.467. The molecular formula is C11H10ClNO4. The van der Waals surface area contributed by atoms with Gasteiger partial charge in [-0.1, -0.05) is 5.16 Å². The van der Waals surface area contributed by atoms with E-state index in [2.05, 4.69) is 9.99 Å². The van der Waals surface area contributed by atoms with Gasteiger partial charge < -0.3 is 14.3 Å². The van der Waals surface area contributed by atoms with Crippen LogP contribution in [0.15, 0.2) is 23.4 Å². The molecule has 5 nitrogen and oxygen atoms in total. The van der Waals surface area contributed by atoms with Crippen LogP contribution in [0.4, 0.5) is 0 Å². The van der Waals surface area contributed by atoms with Crippen molar-refractivity contribution in [1.82, 2.24) is 0 Å². The Balaban J connectivity index is 2.19. The van der Waals surface area contributed by atoms with Crippen molar-refractivity contribution < 1.29 is 19.1 Å². The van der Waals surface area contributed by atoms with Gasteiger partial charge in [-0.2, -0.15) is 0 Å². The summed E-state index contributed by atoms with van der Waals surface area (Å²) in [7, 11) is 1.58. The second kappa shape index (κ2) is 5.05. The number of nitrogens with zero attached hydrogens (tertiary/aromatic N) is 1. The fourth-order valence-electron chi connectivity index (χ4n) is 1.42. The van der Waals surface area contributed by atoms with Gasteiger partial charge in [0.2, 0.25) is 0 Å². The first kappa shape index (κ1) is 11.7. The summed E-state index contributed by atoms with van der Waals surface area (Å²) in [6.45, 7) is 0.262. The van der Waals surface area contributed by atoms with E-state index in [0.717, 1.165) is 5.56 Å². The van der Waals surface area contributed by atoms with Gasteiger partial charge in [-0.05, 0) is 12.1 Å². The lowest BCUT2D eigenvalue weighted by Crippen LogP contribution is -2.07. The summed E-state index contributed by atoms with van der Waals surface area (Å²) in [5.74, 6) is 0.529. The maximum Gasteiger partial charge on any atom is 0.349 e. The van der Waals surface area contributed by atoms with Gasteiger partial charge in [0.25, 0.3) is 0 Å². The van der Waals surface area contributed by atoms with E-state index in [0.29, 0.717) is 17.2 Å². The summed E-state index contributed by atoms with van der Waals surface area (Å²) in [6, 6.07) is 5.34. The number of rotatable bonds is 3. The summed E-state index contributed by atoms with van der Waals surface area (Å²) in [5, 5.41) is 3.71. The van der Waals surface area contributed by atoms with Crippen LogP contribution in [0.3, 0.4) is 0 Å². The number of fused-ring (bicyclic) bond motifs is 1. The van der Waals surface area contributed by atoms with Crippen LogP contribution in [0.25, 0.3) is 0 Å². The number of methoxy groups -OCH3 is 1. The predicted molar refractivity (Wildman–Crippen MR) is 61.8 cm³/mol. The Bertz CT molecular complexity index is 473. The molecule has 0 amide bonds. The average molecular weight is 256 g/mol. The monoisotopic (exact) mass is 255 g/mol. The highest BCUT2D eigenvalue weighted by Gasteiger charge is 2.21. The van der Waals surface area contributed by atoms with E-state index < -0.39 is 5.97 Å². The molecule has 0 spiro atoms. The van der Waals surface area contributed by atoms with Crippen molar-refractivity contribution in [3.8, 4) is 11.5 Å². The van der Waals surface area contributed by atoms with Crippen molar-refractivity contribution >= 4 is 23.3 Å². The van der Waals surface area contributed by atoms with E-state index in [-0.39, 0.29) is 12.5 Å². The van der Waals surface area contributed by atoms with E-state index in [1.807, 2.05) is 0 Å². The number of hydrogen-bond donors (Lipinski definition) is 0. The van der Waals surface area contributed by atoms with Crippen LogP contribution in [0.2, 0.25) is 0 Å². The van der Waals surface area contributed by atoms with Crippen molar-refractivity contribution in [2.24, 2.45) is 5.16 Å². The molecular weight excluding hydrogens is 246 g/mol. The molecule has 0 unspecified atom stereocenters. The number of alkyl halides is 1. The van der Waals surface area contributed by atoms with Crippen LogP contribution in [0.1, 0.15) is 5.56 Å². The average Bonchev–Trinajstić information content (AvgIpc) is 2.77. The first-order valence-electron chi connectivity index (χ1n) is 4.88. The Kier molecular flexibility index (Phi) is 3.49. The Morgan fingerprint density at radius 3 is 3.12 bits per heavy atom. The molecule has 0 saturated heterocycles. The van der Waals surface area contributed by atoms with E-state index in [4.69, 9.17) is 21.1 Å². The first-order chi connectivity index (χ1) is 8.24. The molecule has 1 aromatic carbocycles. The van der Waals surface area contributed by atoms with Gasteiger partial charge in [0.05, 0.1) is 7.11 Å². The minimum atomic E-state index is -0.596. The van der Waals surface area contributed by atoms with Crippen molar-refractivity contribution in [1.29, 1.82) is 0 Å². The number of hydrogen-bond acceptors (Lipinski definition) is 5. The molecule has 0 saturated carbocycles. The molecule has 2 rings (SSSR count). The maximum absolute atomic E-state index is 10.9. The molecule has 0 fully saturated rings. The van der Waals surface area contributed by atoms with Crippen LogP contribution in [-0.2, 0) is 9.63 Å². The number of oxime groups is 1. The van der Waals surface area contributed by atoms with E-state index in [1.54, 1.807) is 25.3 Å². The topological polar surface area (TPSA) is 57.1 Å². The standard InChI is InChI=1S/C11H10ClNO4/c1-15-7-2-3-8-9(6-16-10(8)4-7)13-17-11(14)5-12/h2-4H,5-6H2,1H3/b13-9+. The van der Waals surface area contributed by atoms with Gasteiger partial charge in [0.1, 0.15) is 29.7 Å². The molecule has 0 atom stereocenters. The molecule has 6 heteroatoms. The minimum absolute atomic E-state index is 0.229. The number of benzene rings is 1. The smallest absolute Gasteiger partial charge is 0.349 e. The highest BCUT2D eigenvalue weighted by molar-refractivity contribution is 6.26. The summed E-state index contributed by atoms with van der Waals surface area (Å²) < 4.78 is 10.5. The van der Waals surface area contributed by atoms with Gasteiger partial charge in [0.15, 0.2) is 0 Å². The molecule has 0 aromatic heterocycles. The molecule has 1 aromatic rings. The number of carbonyl (C=O) groups is 1. The second-order valence-electron chi connectivity index (χ2n) is 3.29. The van der Waals surface area contributed by atoms with E-state index >= 15 is 0 Å². The molecule has 0 bridgehead atoms. The molecule has 0 N–H and O–H groups in total. The molecule has 17 heavy (non-hydrogen) atoms. The van der Waals surface area contributed by atoms with Crippen LogP contribution >= 0.6 is 11.6 Å². The maximum atomic E-state index is 10.9. The highest BCUT2D eigenvalue weighted by Crippen LogP contribution is 2.29. The zero-order chi connectivity index (χ0) is 12.3. The Morgan fingerprint density at radius 2 is 2.41 bits per heavy atom. The predicted octanol–water partition coefficient (Wildman–Crippen LogP) is 1.57. The largest absolute Gasteiger partial charge is 0.497 e. The van der Waals surface area contributed by atoms with Gasteiger partial charge in [-0.25, -0.2) is 4.79 Å². The van der Waals surface area contributed by atoms with Crippen LogP contribution in [0, 0.1) is 0 Å². The minimum Gasteiger partial charge on any atom is -0.497 e. The van der Waals surface area contributed by atoms with Gasteiger partial charge in [-0.15, -0.1) is 11.6 Å². The van der Waals surface area contributed by atoms with E-state index in [9.17, 15) is 4.79 Å². The number of ether oxygens (including phenoxy) is 2. The molecule has 1 heterocycles. The van der Waals surface area contributed by atoms with Crippen molar-refractivity contribution in [2.75, 3.05) is 19.6 Å². The van der Waals surface area contributed by atoms with Crippen LogP contribution < -0.4 is 9.47 Å². The fraction of sp³-hybridized carbons (Fsp3) is 0.273. The number of halogens is 1. The van der Waals surface area contributed by atoms with Crippen molar-refractivity contribution in [3.05, 3.63) is 23.8 Å². The summed E-state index contributed by atoms with van der Waals surface area (Å²) in [5.41, 5.74) is 1.34. The third-order valence-electron chi connectivity index (χ3n) is 2.23. The Labute approximate surface area is 103 Å². The second-order valence-corrected chi connectivity index (χ2v) is 3.55. The summed E-state index contributed by atoms with van der Waals surface area (Å²) in [6.07, 6.45) is 0. The third kappa shape index (κ3) is 2.50. The van der Waals surface area contributed by atoms with Crippen molar-refractivity contribution in [3.63, 3.8) is 0 Å². The SMILES string of the molecule is COc1ccc2c(c1)OC/C2=N\OC(=O)CCl. The molecule has 0 aliphatic carbocycles. The van der Waals surface area contributed by atoms with Crippen molar-refractivity contribution in [2.45, 2.75) is 0 Å². The zero-order valence-electron chi connectivity index (χ0n) is 9.10.